The van der Waals surface area contributed by atoms with E-state index >= 15 is 0 Å². The molecule has 2 bridgehead atoms. The molecule has 0 amide bonds. The van der Waals surface area contributed by atoms with Gasteiger partial charge in [0.1, 0.15) is 0 Å². The number of hydrogen-bond donors (Lipinski definition) is 0. The Labute approximate surface area is 226 Å². The van der Waals surface area contributed by atoms with Gasteiger partial charge in [-0.1, -0.05) is 0 Å². The molecular formula is C22H49NO11Si3. The van der Waals surface area contributed by atoms with Crippen molar-refractivity contribution in [3.05, 3.63) is 0 Å². The fraction of sp³-hybridized carbons (Fsp3) is 1.00. The second kappa shape index (κ2) is 16.4. The summed E-state index contributed by atoms with van der Waals surface area (Å²) in [6.07, 6.45) is 1.33. The molecule has 3 heterocycles. The van der Waals surface area contributed by atoms with Gasteiger partial charge >= 0.3 is 26.4 Å². The van der Waals surface area contributed by atoms with Crippen LogP contribution in [0, 0.1) is 0 Å². The lowest BCUT2D eigenvalue weighted by molar-refractivity contribution is -0.111. The molecule has 3 fully saturated rings. The molecule has 3 aliphatic rings. The van der Waals surface area contributed by atoms with E-state index < -0.39 is 26.4 Å². The Hall–Kier alpha value is 0.171. The monoisotopic (exact) mass is 587 g/mol. The summed E-state index contributed by atoms with van der Waals surface area (Å²) in [5.41, 5.74) is 0. The van der Waals surface area contributed by atoms with Crippen LogP contribution in [0.25, 0.3) is 0 Å². The Morgan fingerprint density at radius 3 is 1.46 bits per heavy atom. The van der Waals surface area contributed by atoms with Crippen molar-refractivity contribution in [3.8, 4) is 0 Å². The molecule has 0 aromatic rings. The maximum Gasteiger partial charge on any atom is 0.500 e. The zero-order valence-corrected chi connectivity index (χ0v) is 26.9. The van der Waals surface area contributed by atoms with Gasteiger partial charge in [0, 0.05) is 94.1 Å². The normalized spacial score (nSPS) is 29.2. The van der Waals surface area contributed by atoms with Crippen molar-refractivity contribution in [2.24, 2.45) is 0 Å². The third-order valence-electron chi connectivity index (χ3n) is 6.63. The molecule has 12 nitrogen and oxygen atoms in total. The molecule has 0 aromatic carbocycles. The van der Waals surface area contributed by atoms with Crippen molar-refractivity contribution < 1.29 is 49.3 Å². The summed E-state index contributed by atoms with van der Waals surface area (Å²) in [6.45, 7) is 8.42. The van der Waals surface area contributed by atoms with Gasteiger partial charge in [-0.05, 0) is 19.8 Å². The molecule has 0 spiro atoms. The molecule has 0 saturated carbocycles. The number of fused-ring (bicyclic) bond motifs is 6. The van der Waals surface area contributed by atoms with Gasteiger partial charge in [0.15, 0.2) is 0 Å². The highest BCUT2D eigenvalue weighted by molar-refractivity contribution is 6.61. The molecule has 0 aromatic heterocycles. The highest BCUT2D eigenvalue weighted by atomic mass is 28.4. The van der Waals surface area contributed by atoms with Crippen LogP contribution in [0.1, 0.15) is 19.8 Å². The molecule has 3 saturated heterocycles. The average Bonchev–Trinajstić information content (AvgIpc) is 2.86. The third kappa shape index (κ3) is 10.6. The summed E-state index contributed by atoms with van der Waals surface area (Å²) in [5.74, 6) is 0. The highest BCUT2D eigenvalue weighted by Gasteiger charge is 2.47. The van der Waals surface area contributed by atoms with E-state index in [0.717, 1.165) is 32.5 Å². The predicted octanol–water partition coefficient (Wildman–Crippen LogP) is 1.63. The minimum atomic E-state index is -2.89. The largest absolute Gasteiger partial charge is 0.500 e. The van der Waals surface area contributed by atoms with E-state index in [4.69, 9.17) is 49.3 Å². The maximum absolute atomic E-state index is 6.44. The fourth-order valence-corrected chi connectivity index (χ4v) is 10.7. The van der Waals surface area contributed by atoms with Crippen LogP contribution in [0.5, 0.6) is 0 Å². The van der Waals surface area contributed by atoms with E-state index in [9.17, 15) is 0 Å². The quantitative estimate of drug-likeness (QED) is 0.172. The molecule has 3 unspecified atom stereocenters. The maximum atomic E-state index is 6.44. The van der Waals surface area contributed by atoms with Crippen LogP contribution in [0.3, 0.4) is 0 Å². The zero-order valence-electron chi connectivity index (χ0n) is 23.9. The van der Waals surface area contributed by atoms with E-state index in [-0.39, 0.29) is 18.3 Å². The van der Waals surface area contributed by atoms with Gasteiger partial charge < -0.3 is 49.3 Å². The van der Waals surface area contributed by atoms with E-state index in [1.165, 1.54) is 0 Å². The number of ether oxygens (including phenoxy) is 2. The van der Waals surface area contributed by atoms with Gasteiger partial charge in [0.2, 0.25) is 0 Å². The van der Waals surface area contributed by atoms with Crippen molar-refractivity contribution in [1.29, 1.82) is 0 Å². The lowest BCUT2D eigenvalue weighted by Crippen LogP contribution is -2.62. The first-order valence-electron chi connectivity index (χ1n) is 12.9. The second-order valence-electron chi connectivity index (χ2n) is 9.44. The summed E-state index contributed by atoms with van der Waals surface area (Å²) in [4.78, 5) is 2.32. The Morgan fingerprint density at radius 1 is 0.676 bits per heavy atom. The van der Waals surface area contributed by atoms with Gasteiger partial charge in [-0.3, -0.25) is 4.90 Å². The van der Waals surface area contributed by atoms with Gasteiger partial charge in [0.25, 0.3) is 0 Å². The minimum absolute atomic E-state index is 0.0332. The van der Waals surface area contributed by atoms with Crippen LogP contribution in [-0.4, -0.2) is 138 Å². The molecule has 0 radical (unpaired) electrons. The first-order chi connectivity index (χ1) is 17.7. The minimum Gasteiger partial charge on any atom is -0.379 e. The summed E-state index contributed by atoms with van der Waals surface area (Å²) >= 11 is 0. The van der Waals surface area contributed by atoms with Crippen LogP contribution in [0.4, 0.5) is 0 Å². The molecule has 37 heavy (non-hydrogen) atoms. The predicted molar refractivity (Wildman–Crippen MR) is 142 cm³/mol. The number of rotatable bonds is 18. The fourth-order valence-electron chi connectivity index (χ4n) is 4.83. The Morgan fingerprint density at radius 2 is 1.08 bits per heavy atom. The van der Waals surface area contributed by atoms with Gasteiger partial charge in [0.05, 0.1) is 31.5 Å². The van der Waals surface area contributed by atoms with Crippen LogP contribution < -0.4 is 0 Å². The molecular weight excluding hydrogens is 538 g/mol. The summed E-state index contributed by atoms with van der Waals surface area (Å²) < 4.78 is 64.0. The van der Waals surface area contributed by atoms with Crippen molar-refractivity contribution >= 4 is 26.4 Å². The Balaban J connectivity index is 1.82. The Kier molecular flexibility index (Phi) is 14.8. The average molecular weight is 588 g/mol. The van der Waals surface area contributed by atoms with Crippen molar-refractivity contribution in [3.63, 3.8) is 0 Å². The smallest absolute Gasteiger partial charge is 0.379 e. The first-order valence-corrected chi connectivity index (χ1v) is 19.0. The molecule has 0 N–H and O–H groups in total. The molecule has 3 aliphatic heterocycles. The van der Waals surface area contributed by atoms with Crippen molar-refractivity contribution in [2.75, 3.05) is 88.7 Å². The Bertz CT molecular complexity index is 572. The van der Waals surface area contributed by atoms with Crippen LogP contribution in [0.2, 0.25) is 18.6 Å². The summed E-state index contributed by atoms with van der Waals surface area (Å²) in [7, 11) is 1.67. The second-order valence-corrected chi connectivity index (χ2v) is 18.1. The van der Waals surface area contributed by atoms with E-state index in [1.54, 1.807) is 42.7 Å². The van der Waals surface area contributed by atoms with Crippen molar-refractivity contribution in [2.45, 2.75) is 56.7 Å². The molecule has 3 atom stereocenters. The topological polar surface area (TPSA) is 105 Å². The molecule has 220 valence electrons. The van der Waals surface area contributed by atoms with Gasteiger partial charge in [-0.2, -0.15) is 0 Å². The zero-order chi connectivity index (χ0) is 27.4. The first kappa shape index (κ1) is 33.4. The van der Waals surface area contributed by atoms with Crippen LogP contribution >= 0.6 is 0 Å². The van der Waals surface area contributed by atoms with E-state index in [1.807, 2.05) is 6.55 Å². The molecule has 0 aliphatic carbocycles. The lowest BCUT2D eigenvalue weighted by atomic mass is 10.2. The van der Waals surface area contributed by atoms with Gasteiger partial charge in [-0.25, -0.2) is 0 Å². The van der Waals surface area contributed by atoms with Crippen molar-refractivity contribution in [1.82, 2.24) is 4.90 Å². The van der Waals surface area contributed by atoms with E-state index in [0.29, 0.717) is 38.5 Å². The number of nitrogens with zero attached hydrogens (tertiary/aromatic N) is 1. The SMILES string of the molecule is CO[Si](CCCOCC1CN2CC(C)O[Si](C)(O1)OC(COCCC[Si](OC)(OC)OC)C2)(OC)OC. The van der Waals surface area contributed by atoms with E-state index in [2.05, 4.69) is 11.8 Å². The third-order valence-corrected chi connectivity index (χ3v) is 14.6. The number of hydrogen-bond acceptors (Lipinski definition) is 12. The molecule has 3 rings (SSSR count). The molecule has 15 heteroatoms. The summed E-state index contributed by atoms with van der Waals surface area (Å²) in [5, 5.41) is 0. The van der Waals surface area contributed by atoms with Crippen LogP contribution in [-0.2, 0) is 49.3 Å². The van der Waals surface area contributed by atoms with Gasteiger partial charge in [-0.15, -0.1) is 0 Å². The summed E-state index contributed by atoms with van der Waals surface area (Å²) in [6, 6.07) is 1.38. The lowest BCUT2D eigenvalue weighted by Gasteiger charge is -2.45. The van der Waals surface area contributed by atoms with Crippen LogP contribution in [0.15, 0.2) is 0 Å². The standard InChI is InChI=1S/C22H49NO11Si3/c1-20-15-23-16-21(18-30-11-9-13-36(24-2,25-3)26-4)33-35(8,32-20)34-22(17-23)19-31-12-10-14-37(27-5,28-6)29-7/h20-22H,9-19H2,1-8H3. The highest BCUT2D eigenvalue weighted by Crippen LogP contribution is 2.25.